The van der Waals surface area contributed by atoms with Gasteiger partial charge in [-0.15, -0.1) is 0 Å². The zero-order valence-corrected chi connectivity index (χ0v) is 12.4. The third-order valence-electron chi connectivity index (χ3n) is 3.90. The van der Waals surface area contributed by atoms with Gasteiger partial charge in [0.2, 0.25) is 5.95 Å². The second-order valence-corrected chi connectivity index (χ2v) is 5.50. The number of aromatic nitrogens is 4. The van der Waals surface area contributed by atoms with Gasteiger partial charge in [-0.2, -0.15) is 10.1 Å². The molecular formula is C17H15N5O. The van der Waals surface area contributed by atoms with Gasteiger partial charge in [-0.1, -0.05) is 24.3 Å². The predicted molar refractivity (Wildman–Crippen MR) is 85.5 cm³/mol. The summed E-state index contributed by atoms with van der Waals surface area (Å²) in [7, 11) is 0. The van der Waals surface area contributed by atoms with E-state index in [0.717, 1.165) is 18.4 Å². The molecule has 0 spiro atoms. The van der Waals surface area contributed by atoms with Crippen LogP contribution >= 0.6 is 0 Å². The largest absolute Gasteiger partial charge is 0.268 e. The van der Waals surface area contributed by atoms with Gasteiger partial charge < -0.3 is 0 Å². The molecule has 1 aromatic carbocycles. The summed E-state index contributed by atoms with van der Waals surface area (Å²) in [5.74, 6) is 1.21. The standard InChI is InChI=1S/C17H15N5O/c23-16(14-6-2-1-5-13(14)12-8-9-12)22(17-19-11-20-21-17)15-7-3-4-10-18-15/h1-7,10-12H,8-9H2,(H,19,20,21). The molecule has 1 aliphatic rings. The first-order chi connectivity index (χ1) is 11.3. The molecule has 1 saturated carbocycles. The zero-order valence-electron chi connectivity index (χ0n) is 12.4. The monoisotopic (exact) mass is 305 g/mol. The van der Waals surface area contributed by atoms with E-state index in [1.807, 2.05) is 36.4 Å². The maximum atomic E-state index is 13.2. The Kier molecular flexibility index (Phi) is 3.34. The van der Waals surface area contributed by atoms with Gasteiger partial charge in [0.25, 0.3) is 5.91 Å². The molecule has 6 nitrogen and oxygen atoms in total. The van der Waals surface area contributed by atoms with Crippen molar-refractivity contribution in [3.8, 4) is 0 Å². The summed E-state index contributed by atoms with van der Waals surface area (Å²) in [6, 6.07) is 13.2. The topological polar surface area (TPSA) is 74.8 Å². The summed E-state index contributed by atoms with van der Waals surface area (Å²) in [4.78, 5) is 23.1. The van der Waals surface area contributed by atoms with E-state index in [2.05, 4.69) is 20.2 Å². The Hall–Kier alpha value is -3.02. The van der Waals surface area contributed by atoms with Gasteiger partial charge in [0.05, 0.1) is 0 Å². The second-order valence-electron chi connectivity index (χ2n) is 5.50. The Bertz CT molecular complexity index is 812. The lowest BCUT2D eigenvalue weighted by molar-refractivity contribution is 0.0996. The molecule has 0 saturated heterocycles. The van der Waals surface area contributed by atoms with Crippen molar-refractivity contribution < 1.29 is 4.79 Å². The Morgan fingerprint density at radius 2 is 1.91 bits per heavy atom. The molecule has 1 fully saturated rings. The third kappa shape index (κ3) is 2.59. The zero-order chi connectivity index (χ0) is 15.6. The minimum absolute atomic E-state index is 0.150. The van der Waals surface area contributed by atoms with E-state index in [-0.39, 0.29) is 5.91 Å². The van der Waals surface area contributed by atoms with E-state index in [0.29, 0.717) is 23.2 Å². The predicted octanol–water partition coefficient (Wildman–Crippen LogP) is 3.06. The van der Waals surface area contributed by atoms with Crippen LogP contribution in [0.25, 0.3) is 0 Å². The molecule has 0 atom stereocenters. The number of nitrogens with zero attached hydrogens (tertiary/aromatic N) is 4. The van der Waals surface area contributed by atoms with Crippen molar-refractivity contribution in [3.05, 3.63) is 66.1 Å². The Labute approximate surface area is 133 Å². The van der Waals surface area contributed by atoms with Crippen LogP contribution in [0.4, 0.5) is 11.8 Å². The Morgan fingerprint density at radius 3 is 2.61 bits per heavy atom. The molecule has 23 heavy (non-hydrogen) atoms. The highest BCUT2D eigenvalue weighted by molar-refractivity contribution is 6.10. The molecule has 1 amide bonds. The number of rotatable bonds is 4. The first-order valence-corrected chi connectivity index (χ1v) is 7.54. The first kappa shape index (κ1) is 13.6. The fourth-order valence-electron chi connectivity index (χ4n) is 2.66. The molecule has 0 aliphatic heterocycles. The SMILES string of the molecule is O=C(c1ccccc1C1CC1)N(c1ccccn1)c1ncn[nH]1. The molecule has 114 valence electrons. The van der Waals surface area contributed by atoms with Crippen LogP contribution in [0.2, 0.25) is 0 Å². The lowest BCUT2D eigenvalue weighted by atomic mass is 10.0. The highest BCUT2D eigenvalue weighted by Gasteiger charge is 2.31. The Morgan fingerprint density at radius 1 is 1.09 bits per heavy atom. The van der Waals surface area contributed by atoms with Gasteiger partial charge in [-0.3, -0.25) is 4.79 Å². The number of aromatic amines is 1. The first-order valence-electron chi connectivity index (χ1n) is 7.54. The molecular weight excluding hydrogens is 290 g/mol. The number of benzene rings is 1. The van der Waals surface area contributed by atoms with E-state index in [1.165, 1.54) is 11.2 Å². The van der Waals surface area contributed by atoms with E-state index < -0.39 is 0 Å². The number of amides is 1. The molecule has 4 rings (SSSR count). The normalized spacial score (nSPS) is 13.7. The van der Waals surface area contributed by atoms with E-state index in [4.69, 9.17) is 0 Å². The van der Waals surface area contributed by atoms with Crippen molar-refractivity contribution in [1.82, 2.24) is 20.2 Å². The second kappa shape index (κ2) is 5.64. The van der Waals surface area contributed by atoms with Crippen molar-refractivity contribution in [2.24, 2.45) is 0 Å². The van der Waals surface area contributed by atoms with Crippen molar-refractivity contribution in [1.29, 1.82) is 0 Å². The van der Waals surface area contributed by atoms with Crippen molar-refractivity contribution in [3.63, 3.8) is 0 Å². The number of hydrogen-bond donors (Lipinski definition) is 1. The molecule has 1 N–H and O–H groups in total. The fourth-order valence-corrected chi connectivity index (χ4v) is 2.66. The van der Waals surface area contributed by atoms with Crippen LogP contribution in [0, 0.1) is 0 Å². The maximum absolute atomic E-state index is 13.2. The molecule has 2 heterocycles. The maximum Gasteiger partial charge on any atom is 0.266 e. The summed E-state index contributed by atoms with van der Waals surface area (Å²) in [5, 5.41) is 6.61. The van der Waals surface area contributed by atoms with Crippen molar-refractivity contribution >= 4 is 17.7 Å². The van der Waals surface area contributed by atoms with Crippen LogP contribution in [0.1, 0.15) is 34.7 Å². The quantitative estimate of drug-likeness (QED) is 0.804. The van der Waals surface area contributed by atoms with Gasteiger partial charge >= 0.3 is 0 Å². The van der Waals surface area contributed by atoms with Crippen LogP contribution in [0.3, 0.4) is 0 Å². The van der Waals surface area contributed by atoms with Crippen LogP contribution in [-0.2, 0) is 0 Å². The van der Waals surface area contributed by atoms with Gasteiger partial charge in [-0.25, -0.2) is 15.0 Å². The number of hydrogen-bond acceptors (Lipinski definition) is 4. The number of nitrogens with one attached hydrogen (secondary N) is 1. The van der Waals surface area contributed by atoms with E-state index >= 15 is 0 Å². The minimum Gasteiger partial charge on any atom is -0.268 e. The van der Waals surface area contributed by atoms with Crippen LogP contribution < -0.4 is 4.90 Å². The van der Waals surface area contributed by atoms with Crippen LogP contribution in [0.15, 0.2) is 55.0 Å². The van der Waals surface area contributed by atoms with Gasteiger partial charge in [0, 0.05) is 11.8 Å². The highest BCUT2D eigenvalue weighted by Crippen LogP contribution is 2.42. The van der Waals surface area contributed by atoms with Crippen LogP contribution in [0.5, 0.6) is 0 Å². The fraction of sp³-hybridized carbons (Fsp3) is 0.176. The minimum atomic E-state index is -0.150. The van der Waals surface area contributed by atoms with Crippen molar-refractivity contribution in [2.45, 2.75) is 18.8 Å². The molecule has 3 aromatic rings. The average molecular weight is 305 g/mol. The summed E-state index contributed by atoms with van der Waals surface area (Å²) in [6.07, 6.45) is 5.30. The molecule has 2 aromatic heterocycles. The lowest BCUT2D eigenvalue weighted by Crippen LogP contribution is -2.28. The number of carbonyl (C=O) groups is 1. The molecule has 1 aliphatic carbocycles. The molecule has 6 heteroatoms. The average Bonchev–Trinajstić information content (AvgIpc) is 3.32. The summed E-state index contributed by atoms with van der Waals surface area (Å²) in [6.45, 7) is 0. The van der Waals surface area contributed by atoms with Gasteiger partial charge in [0.1, 0.15) is 12.1 Å². The number of carbonyl (C=O) groups excluding carboxylic acids is 1. The number of H-pyrrole nitrogens is 1. The van der Waals surface area contributed by atoms with Crippen LogP contribution in [-0.4, -0.2) is 26.1 Å². The Balaban J connectivity index is 1.80. The molecule has 0 unspecified atom stereocenters. The highest BCUT2D eigenvalue weighted by atomic mass is 16.2. The molecule has 0 bridgehead atoms. The van der Waals surface area contributed by atoms with Gasteiger partial charge in [-0.05, 0) is 42.5 Å². The smallest absolute Gasteiger partial charge is 0.266 e. The van der Waals surface area contributed by atoms with E-state index in [9.17, 15) is 4.79 Å². The summed E-state index contributed by atoms with van der Waals surface area (Å²) in [5.41, 5.74) is 1.79. The summed E-state index contributed by atoms with van der Waals surface area (Å²) < 4.78 is 0. The number of pyridine rings is 1. The molecule has 0 radical (unpaired) electrons. The van der Waals surface area contributed by atoms with Crippen molar-refractivity contribution in [2.75, 3.05) is 4.90 Å². The van der Waals surface area contributed by atoms with E-state index in [1.54, 1.807) is 12.3 Å². The summed E-state index contributed by atoms with van der Waals surface area (Å²) >= 11 is 0. The number of anilines is 2. The third-order valence-corrected chi connectivity index (χ3v) is 3.90. The lowest BCUT2D eigenvalue weighted by Gasteiger charge is -2.20. The van der Waals surface area contributed by atoms with Gasteiger partial charge in [0.15, 0.2) is 0 Å².